The maximum absolute atomic E-state index is 12.8. The number of rotatable bonds is 5. The SMILES string of the molecule is CC(C)(O)CN(Cc1ccccc1)C(=O)c1cc2n(n1)CCO2. The zero-order chi connectivity index (χ0) is 16.4. The number of hydrogen-bond donors (Lipinski definition) is 1. The molecule has 1 N–H and O–H groups in total. The van der Waals surface area contributed by atoms with E-state index in [4.69, 9.17) is 4.74 Å². The first-order valence-electron chi connectivity index (χ1n) is 7.69. The Morgan fingerprint density at radius 1 is 1.39 bits per heavy atom. The van der Waals surface area contributed by atoms with Gasteiger partial charge in [0, 0.05) is 19.2 Å². The maximum Gasteiger partial charge on any atom is 0.274 e. The van der Waals surface area contributed by atoms with Crippen molar-refractivity contribution in [1.82, 2.24) is 14.7 Å². The van der Waals surface area contributed by atoms with Crippen LogP contribution in [0.1, 0.15) is 29.9 Å². The number of ether oxygens (including phenoxy) is 1. The fraction of sp³-hybridized carbons (Fsp3) is 0.412. The van der Waals surface area contributed by atoms with Gasteiger partial charge in [-0.2, -0.15) is 5.10 Å². The second-order valence-corrected chi connectivity index (χ2v) is 6.40. The van der Waals surface area contributed by atoms with E-state index in [9.17, 15) is 9.90 Å². The number of fused-ring (bicyclic) bond motifs is 1. The van der Waals surface area contributed by atoms with Crippen LogP contribution in [0, 0.1) is 0 Å². The Hall–Kier alpha value is -2.34. The fourth-order valence-electron chi connectivity index (χ4n) is 2.65. The molecule has 122 valence electrons. The number of nitrogens with zero attached hydrogens (tertiary/aromatic N) is 3. The van der Waals surface area contributed by atoms with Crippen molar-refractivity contribution in [3.8, 4) is 5.88 Å². The van der Waals surface area contributed by atoms with Gasteiger partial charge in [-0.05, 0) is 19.4 Å². The van der Waals surface area contributed by atoms with E-state index in [1.807, 2.05) is 30.3 Å². The van der Waals surface area contributed by atoms with Crippen LogP contribution in [0.3, 0.4) is 0 Å². The zero-order valence-electron chi connectivity index (χ0n) is 13.4. The Kier molecular flexibility index (Phi) is 4.09. The quantitative estimate of drug-likeness (QED) is 0.912. The molecular weight excluding hydrogens is 294 g/mol. The van der Waals surface area contributed by atoms with Gasteiger partial charge >= 0.3 is 0 Å². The third-order valence-electron chi connectivity index (χ3n) is 3.60. The number of benzene rings is 1. The van der Waals surface area contributed by atoms with Gasteiger partial charge in [0.05, 0.1) is 12.1 Å². The monoisotopic (exact) mass is 315 g/mol. The minimum absolute atomic E-state index is 0.207. The van der Waals surface area contributed by atoms with Crippen LogP contribution in [-0.2, 0) is 13.1 Å². The molecule has 0 saturated carbocycles. The highest BCUT2D eigenvalue weighted by molar-refractivity contribution is 5.92. The maximum atomic E-state index is 12.8. The molecule has 1 aromatic heterocycles. The summed E-state index contributed by atoms with van der Waals surface area (Å²) in [5, 5.41) is 14.4. The van der Waals surface area contributed by atoms with E-state index in [-0.39, 0.29) is 12.5 Å². The summed E-state index contributed by atoms with van der Waals surface area (Å²) < 4.78 is 7.10. The number of aromatic nitrogens is 2. The van der Waals surface area contributed by atoms with Crippen LogP contribution in [-0.4, -0.2) is 44.4 Å². The molecule has 0 aliphatic carbocycles. The third kappa shape index (κ3) is 3.71. The fourth-order valence-corrected chi connectivity index (χ4v) is 2.65. The predicted octanol–water partition coefficient (Wildman–Crippen LogP) is 1.69. The summed E-state index contributed by atoms with van der Waals surface area (Å²) in [5.41, 5.74) is 0.372. The lowest BCUT2D eigenvalue weighted by Crippen LogP contribution is -2.42. The van der Waals surface area contributed by atoms with Crippen molar-refractivity contribution in [2.24, 2.45) is 0 Å². The highest BCUT2D eigenvalue weighted by atomic mass is 16.5. The van der Waals surface area contributed by atoms with Crippen molar-refractivity contribution in [3.63, 3.8) is 0 Å². The Morgan fingerprint density at radius 3 is 2.78 bits per heavy atom. The minimum atomic E-state index is -0.983. The molecule has 3 rings (SSSR count). The number of carbonyl (C=O) groups is 1. The molecule has 1 aromatic carbocycles. The van der Waals surface area contributed by atoms with E-state index < -0.39 is 5.60 Å². The Balaban J connectivity index is 1.82. The van der Waals surface area contributed by atoms with Gasteiger partial charge in [-0.3, -0.25) is 4.79 Å². The lowest BCUT2D eigenvalue weighted by molar-refractivity contribution is 0.0276. The molecule has 1 aliphatic rings. The molecule has 2 heterocycles. The summed E-state index contributed by atoms with van der Waals surface area (Å²) in [4.78, 5) is 14.4. The smallest absolute Gasteiger partial charge is 0.274 e. The first-order valence-corrected chi connectivity index (χ1v) is 7.69. The molecule has 0 atom stereocenters. The van der Waals surface area contributed by atoms with Crippen LogP contribution in [0.15, 0.2) is 36.4 Å². The average Bonchev–Trinajstić information content (AvgIpc) is 3.06. The van der Waals surface area contributed by atoms with Gasteiger partial charge in [-0.25, -0.2) is 4.68 Å². The first kappa shape index (κ1) is 15.6. The summed E-state index contributed by atoms with van der Waals surface area (Å²) in [6.07, 6.45) is 0. The molecule has 0 fully saturated rings. The normalized spacial score (nSPS) is 13.5. The van der Waals surface area contributed by atoms with Crippen LogP contribution >= 0.6 is 0 Å². The predicted molar refractivity (Wildman–Crippen MR) is 85.2 cm³/mol. The lowest BCUT2D eigenvalue weighted by atomic mass is 10.1. The minimum Gasteiger partial charge on any atom is -0.476 e. The van der Waals surface area contributed by atoms with Crippen LogP contribution < -0.4 is 4.74 Å². The van der Waals surface area contributed by atoms with Crippen LogP contribution in [0.4, 0.5) is 0 Å². The summed E-state index contributed by atoms with van der Waals surface area (Å²) in [6.45, 7) is 5.28. The van der Waals surface area contributed by atoms with Crippen LogP contribution in [0.2, 0.25) is 0 Å². The third-order valence-corrected chi connectivity index (χ3v) is 3.60. The van der Waals surface area contributed by atoms with Crippen molar-refractivity contribution in [3.05, 3.63) is 47.7 Å². The summed E-state index contributed by atoms with van der Waals surface area (Å²) in [5.74, 6) is 0.415. The molecule has 23 heavy (non-hydrogen) atoms. The number of aliphatic hydroxyl groups is 1. The van der Waals surface area contributed by atoms with E-state index in [1.54, 1.807) is 29.5 Å². The Labute approximate surface area is 135 Å². The summed E-state index contributed by atoms with van der Waals surface area (Å²) >= 11 is 0. The number of amides is 1. The molecule has 2 aromatic rings. The second kappa shape index (κ2) is 6.04. The van der Waals surface area contributed by atoms with Gasteiger partial charge in [0.25, 0.3) is 5.91 Å². The van der Waals surface area contributed by atoms with Gasteiger partial charge in [-0.1, -0.05) is 30.3 Å². The van der Waals surface area contributed by atoms with E-state index in [1.165, 1.54) is 0 Å². The highest BCUT2D eigenvalue weighted by Gasteiger charge is 2.27. The van der Waals surface area contributed by atoms with Gasteiger partial charge in [0.2, 0.25) is 5.88 Å². The molecule has 0 bridgehead atoms. The molecule has 6 nitrogen and oxygen atoms in total. The Bertz CT molecular complexity index is 667. The molecule has 6 heteroatoms. The number of carbonyl (C=O) groups excluding carboxylic acids is 1. The molecule has 1 aliphatic heterocycles. The molecule has 0 unspecified atom stereocenters. The van der Waals surface area contributed by atoms with E-state index in [0.29, 0.717) is 31.3 Å². The van der Waals surface area contributed by atoms with Gasteiger partial charge in [0.15, 0.2) is 5.69 Å². The van der Waals surface area contributed by atoms with E-state index in [0.717, 1.165) is 5.56 Å². The van der Waals surface area contributed by atoms with Gasteiger partial charge in [-0.15, -0.1) is 0 Å². The van der Waals surface area contributed by atoms with Crippen molar-refractivity contribution >= 4 is 5.91 Å². The van der Waals surface area contributed by atoms with Crippen molar-refractivity contribution < 1.29 is 14.6 Å². The van der Waals surface area contributed by atoms with Crippen molar-refractivity contribution in [2.75, 3.05) is 13.2 Å². The Morgan fingerprint density at radius 2 is 2.13 bits per heavy atom. The van der Waals surface area contributed by atoms with Crippen LogP contribution in [0.25, 0.3) is 0 Å². The van der Waals surface area contributed by atoms with Gasteiger partial charge < -0.3 is 14.7 Å². The van der Waals surface area contributed by atoms with Gasteiger partial charge in [0.1, 0.15) is 6.61 Å². The first-order chi connectivity index (χ1) is 10.9. The second-order valence-electron chi connectivity index (χ2n) is 6.40. The molecule has 0 saturated heterocycles. The summed E-state index contributed by atoms with van der Waals surface area (Å²) in [6, 6.07) is 11.4. The molecule has 0 radical (unpaired) electrons. The van der Waals surface area contributed by atoms with Crippen molar-refractivity contribution in [2.45, 2.75) is 32.5 Å². The highest BCUT2D eigenvalue weighted by Crippen LogP contribution is 2.21. The summed E-state index contributed by atoms with van der Waals surface area (Å²) in [7, 11) is 0. The lowest BCUT2D eigenvalue weighted by Gasteiger charge is -2.28. The topological polar surface area (TPSA) is 67.6 Å². The molecule has 0 spiro atoms. The molecular formula is C17H21N3O3. The largest absolute Gasteiger partial charge is 0.476 e. The average molecular weight is 315 g/mol. The standard InChI is InChI=1S/C17H21N3O3/c1-17(2,22)12-19(11-13-6-4-3-5-7-13)16(21)14-10-15-20(18-14)8-9-23-15/h3-7,10,22H,8-9,11-12H2,1-2H3. The molecule has 1 amide bonds. The number of hydrogen-bond acceptors (Lipinski definition) is 4. The zero-order valence-corrected chi connectivity index (χ0v) is 13.4. The van der Waals surface area contributed by atoms with Crippen LogP contribution in [0.5, 0.6) is 5.88 Å². The van der Waals surface area contributed by atoms with E-state index >= 15 is 0 Å². The van der Waals surface area contributed by atoms with E-state index in [2.05, 4.69) is 5.10 Å². The van der Waals surface area contributed by atoms with Crippen molar-refractivity contribution in [1.29, 1.82) is 0 Å².